The first-order valence-corrected chi connectivity index (χ1v) is 5.13. The van der Waals surface area contributed by atoms with Crippen molar-refractivity contribution < 1.29 is 9.59 Å². The lowest BCUT2D eigenvalue weighted by molar-refractivity contribution is -0.124. The van der Waals surface area contributed by atoms with E-state index in [9.17, 15) is 9.59 Å². The van der Waals surface area contributed by atoms with Crippen LogP contribution in [0.4, 0.5) is 5.69 Å². The summed E-state index contributed by atoms with van der Waals surface area (Å²) < 4.78 is 0. The van der Waals surface area contributed by atoms with E-state index in [2.05, 4.69) is 10.3 Å². The topological polar surface area (TPSA) is 62.3 Å². The summed E-state index contributed by atoms with van der Waals surface area (Å²) in [7, 11) is 1.70. The highest BCUT2D eigenvalue weighted by Gasteiger charge is 2.30. The standard InChI is InChI=1S/C11H13N3O2/c1-14(9-3-2-4-12-7-9)11(16)8-5-10(15)13-6-8/h2-4,7-8H,5-6H2,1H3,(H,13,15). The number of carbonyl (C=O) groups excluding carboxylic acids is 2. The molecule has 2 heterocycles. The number of carbonyl (C=O) groups is 2. The normalized spacial score (nSPS) is 19.3. The van der Waals surface area contributed by atoms with E-state index in [0.717, 1.165) is 5.69 Å². The summed E-state index contributed by atoms with van der Waals surface area (Å²) in [6.07, 6.45) is 3.56. The molecule has 5 nitrogen and oxygen atoms in total. The first kappa shape index (κ1) is 10.6. The summed E-state index contributed by atoms with van der Waals surface area (Å²) in [6, 6.07) is 3.59. The largest absolute Gasteiger partial charge is 0.355 e. The third kappa shape index (κ3) is 2.03. The molecule has 0 spiro atoms. The Balaban J connectivity index is 2.08. The molecule has 1 aliphatic rings. The van der Waals surface area contributed by atoms with Crippen LogP contribution in [0, 0.1) is 5.92 Å². The number of nitrogens with one attached hydrogen (secondary N) is 1. The second kappa shape index (κ2) is 4.30. The molecule has 16 heavy (non-hydrogen) atoms. The summed E-state index contributed by atoms with van der Waals surface area (Å²) in [5.41, 5.74) is 0.742. The zero-order valence-electron chi connectivity index (χ0n) is 9.01. The Hall–Kier alpha value is -1.91. The van der Waals surface area contributed by atoms with E-state index in [4.69, 9.17) is 0 Å². The molecule has 1 atom stereocenters. The van der Waals surface area contributed by atoms with Crippen molar-refractivity contribution in [3.8, 4) is 0 Å². The lowest BCUT2D eigenvalue weighted by atomic mass is 10.1. The van der Waals surface area contributed by atoms with Crippen LogP contribution >= 0.6 is 0 Å². The van der Waals surface area contributed by atoms with Crippen molar-refractivity contribution in [1.82, 2.24) is 10.3 Å². The summed E-state index contributed by atoms with van der Waals surface area (Å²) in [5, 5.41) is 2.65. The SMILES string of the molecule is CN(C(=O)C1CNC(=O)C1)c1cccnc1. The van der Waals surface area contributed by atoms with Gasteiger partial charge in [0.1, 0.15) is 0 Å². The predicted molar refractivity (Wildman–Crippen MR) is 58.8 cm³/mol. The fourth-order valence-electron chi connectivity index (χ4n) is 1.73. The van der Waals surface area contributed by atoms with Crippen LogP contribution < -0.4 is 10.2 Å². The summed E-state index contributed by atoms with van der Waals surface area (Å²) >= 11 is 0. The van der Waals surface area contributed by atoms with Crippen LogP contribution in [-0.4, -0.2) is 30.4 Å². The average molecular weight is 219 g/mol. The molecule has 1 saturated heterocycles. The molecule has 5 heteroatoms. The van der Waals surface area contributed by atoms with Gasteiger partial charge in [0, 0.05) is 26.2 Å². The van der Waals surface area contributed by atoms with Crippen LogP contribution in [0.25, 0.3) is 0 Å². The van der Waals surface area contributed by atoms with Crippen LogP contribution in [0.1, 0.15) is 6.42 Å². The summed E-state index contributed by atoms with van der Waals surface area (Å²) in [4.78, 5) is 28.5. The first-order valence-electron chi connectivity index (χ1n) is 5.13. The molecular formula is C11H13N3O2. The zero-order chi connectivity index (χ0) is 11.5. The Morgan fingerprint density at radius 3 is 3.00 bits per heavy atom. The van der Waals surface area contributed by atoms with E-state index in [1.165, 1.54) is 4.90 Å². The zero-order valence-corrected chi connectivity index (χ0v) is 9.01. The maximum absolute atomic E-state index is 12.0. The highest BCUT2D eigenvalue weighted by molar-refractivity contribution is 5.98. The van der Waals surface area contributed by atoms with Gasteiger partial charge in [-0.2, -0.15) is 0 Å². The van der Waals surface area contributed by atoms with E-state index in [-0.39, 0.29) is 24.2 Å². The molecule has 2 amide bonds. The summed E-state index contributed by atoms with van der Waals surface area (Å²) in [5.74, 6) is -0.359. The highest BCUT2D eigenvalue weighted by Crippen LogP contribution is 2.17. The molecule has 1 N–H and O–H groups in total. The Morgan fingerprint density at radius 2 is 2.44 bits per heavy atom. The van der Waals surface area contributed by atoms with Crippen LogP contribution in [0.3, 0.4) is 0 Å². The number of hydrogen-bond acceptors (Lipinski definition) is 3. The molecule has 2 rings (SSSR count). The predicted octanol–water partition coefficient (Wildman–Crippen LogP) is 0.180. The van der Waals surface area contributed by atoms with Crippen LogP contribution in [0.5, 0.6) is 0 Å². The van der Waals surface area contributed by atoms with Gasteiger partial charge in [0.25, 0.3) is 0 Å². The van der Waals surface area contributed by atoms with Crippen molar-refractivity contribution in [1.29, 1.82) is 0 Å². The lowest BCUT2D eigenvalue weighted by Gasteiger charge is -2.19. The molecule has 1 aromatic heterocycles. The third-order valence-electron chi connectivity index (χ3n) is 2.69. The highest BCUT2D eigenvalue weighted by atomic mass is 16.2. The van der Waals surface area contributed by atoms with Gasteiger partial charge in [-0.1, -0.05) is 0 Å². The van der Waals surface area contributed by atoms with Crippen molar-refractivity contribution in [3.63, 3.8) is 0 Å². The molecule has 0 saturated carbocycles. The van der Waals surface area contributed by atoms with Crippen LogP contribution in [-0.2, 0) is 9.59 Å². The number of nitrogens with zero attached hydrogens (tertiary/aromatic N) is 2. The molecule has 0 radical (unpaired) electrons. The fourth-order valence-corrected chi connectivity index (χ4v) is 1.73. The first-order chi connectivity index (χ1) is 7.68. The second-order valence-electron chi connectivity index (χ2n) is 3.81. The van der Waals surface area contributed by atoms with Gasteiger partial charge in [0.15, 0.2) is 0 Å². The number of anilines is 1. The van der Waals surface area contributed by atoms with Crippen molar-refractivity contribution >= 4 is 17.5 Å². The number of amides is 2. The minimum absolute atomic E-state index is 0.0497. The number of aromatic nitrogens is 1. The number of pyridine rings is 1. The van der Waals surface area contributed by atoms with Crippen LogP contribution in [0.2, 0.25) is 0 Å². The number of rotatable bonds is 2. The van der Waals surface area contributed by atoms with Crippen molar-refractivity contribution in [2.24, 2.45) is 5.92 Å². The van der Waals surface area contributed by atoms with Crippen molar-refractivity contribution in [2.45, 2.75) is 6.42 Å². The Kier molecular flexibility index (Phi) is 2.85. The fraction of sp³-hybridized carbons (Fsp3) is 0.364. The van der Waals surface area contributed by atoms with Gasteiger partial charge in [-0.25, -0.2) is 0 Å². The molecule has 1 unspecified atom stereocenters. The summed E-state index contributed by atoms with van der Waals surface area (Å²) in [6.45, 7) is 0.433. The second-order valence-corrected chi connectivity index (χ2v) is 3.81. The van der Waals surface area contributed by atoms with Crippen molar-refractivity contribution in [2.75, 3.05) is 18.5 Å². The van der Waals surface area contributed by atoms with Gasteiger partial charge < -0.3 is 10.2 Å². The Bertz CT molecular complexity index is 405. The molecule has 0 aliphatic carbocycles. The molecular weight excluding hydrogens is 206 g/mol. The Labute approximate surface area is 93.5 Å². The third-order valence-corrected chi connectivity index (χ3v) is 2.69. The minimum atomic E-state index is -0.252. The maximum Gasteiger partial charge on any atom is 0.232 e. The average Bonchev–Trinajstić information content (AvgIpc) is 2.75. The molecule has 84 valence electrons. The lowest BCUT2D eigenvalue weighted by Crippen LogP contribution is -2.33. The minimum Gasteiger partial charge on any atom is -0.355 e. The van der Waals surface area contributed by atoms with Gasteiger partial charge in [0.05, 0.1) is 17.8 Å². The van der Waals surface area contributed by atoms with E-state index in [1.54, 1.807) is 25.5 Å². The van der Waals surface area contributed by atoms with E-state index >= 15 is 0 Å². The van der Waals surface area contributed by atoms with E-state index in [1.807, 2.05) is 6.07 Å². The molecule has 0 bridgehead atoms. The van der Waals surface area contributed by atoms with Gasteiger partial charge in [0.2, 0.25) is 11.8 Å². The van der Waals surface area contributed by atoms with Gasteiger partial charge in [-0.15, -0.1) is 0 Å². The quantitative estimate of drug-likeness (QED) is 0.771. The van der Waals surface area contributed by atoms with Crippen LogP contribution in [0.15, 0.2) is 24.5 Å². The Morgan fingerprint density at radius 1 is 1.62 bits per heavy atom. The monoisotopic (exact) mass is 219 g/mol. The van der Waals surface area contributed by atoms with E-state index < -0.39 is 0 Å². The van der Waals surface area contributed by atoms with Crippen molar-refractivity contribution in [3.05, 3.63) is 24.5 Å². The molecule has 1 fully saturated rings. The van der Waals surface area contributed by atoms with Gasteiger partial charge >= 0.3 is 0 Å². The van der Waals surface area contributed by atoms with Gasteiger partial charge in [-0.05, 0) is 12.1 Å². The molecule has 1 aliphatic heterocycles. The maximum atomic E-state index is 12.0. The number of hydrogen-bond donors (Lipinski definition) is 1. The molecule has 1 aromatic rings. The molecule has 0 aromatic carbocycles. The van der Waals surface area contributed by atoms with Gasteiger partial charge in [-0.3, -0.25) is 14.6 Å². The smallest absolute Gasteiger partial charge is 0.232 e. The van der Waals surface area contributed by atoms with E-state index in [0.29, 0.717) is 6.54 Å².